The molecule has 0 bridgehead atoms. The number of aromatic nitrogens is 1. The minimum Gasteiger partial charge on any atom is -0.311 e. The number of fused-ring (bicyclic) bond motifs is 4. The Morgan fingerprint density at radius 3 is 1.55 bits per heavy atom. The predicted molar refractivity (Wildman–Crippen MR) is 242 cm³/mol. The summed E-state index contributed by atoms with van der Waals surface area (Å²) < 4.78 is 2.52. The maximum Gasteiger partial charge on any atom is 0.0590 e. The zero-order chi connectivity index (χ0) is 38.3. The van der Waals surface area contributed by atoms with Gasteiger partial charge in [-0.15, -0.1) is 0 Å². The molecule has 0 aliphatic carbocycles. The van der Waals surface area contributed by atoms with Gasteiger partial charge in [0.25, 0.3) is 0 Å². The standard InChI is InChI=1S/C54H46N2/c1-53(2,3)46-34-45(35-26-28-39(29-27-35)55(36-18-10-7-11-19-36)37-20-12-8-13-21-37)40-30-33-44-49-43(32-31-41(46)48(40)49)50-42-24-16-17-25-47(42)56(38-22-14-9-15-23-38)52(50)51(44)54(4,5)6/h7-34H,1-6H3. The van der Waals surface area contributed by atoms with E-state index in [4.69, 9.17) is 0 Å². The summed E-state index contributed by atoms with van der Waals surface area (Å²) in [5.74, 6) is 0. The number of nitrogens with zero attached hydrogens (tertiary/aromatic N) is 2. The molecule has 0 N–H and O–H groups in total. The van der Waals surface area contributed by atoms with E-state index >= 15 is 0 Å². The van der Waals surface area contributed by atoms with Crippen LogP contribution in [0.4, 0.5) is 17.1 Å². The molecule has 0 saturated carbocycles. The van der Waals surface area contributed by atoms with Gasteiger partial charge in [-0.05, 0) is 126 Å². The Kier molecular flexibility index (Phi) is 7.67. The van der Waals surface area contributed by atoms with Crippen molar-refractivity contribution in [3.8, 4) is 16.8 Å². The molecule has 0 saturated heterocycles. The summed E-state index contributed by atoms with van der Waals surface area (Å²) in [7, 11) is 0. The molecule has 1 aromatic heterocycles. The highest BCUT2D eigenvalue weighted by Crippen LogP contribution is 2.51. The molecular weight excluding hydrogens is 677 g/mol. The Morgan fingerprint density at radius 1 is 0.411 bits per heavy atom. The van der Waals surface area contributed by atoms with Crippen LogP contribution in [-0.2, 0) is 10.8 Å². The molecule has 56 heavy (non-hydrogen) atoms. The van der Waals surface area contributed by atoms with E-state index in [1.54, 1.807) is 0 Å². The van der Waals surface area contributed by atoms with Gasteiger partial charge < -0.3 is 9.47 Å². The van der Waals surface area contributed by atoms with E-state index < -0.39 is 0 Å². The minimum absolute atomic E-state index is 0.0695. The van der Waals surface area contributed by atoms with Gasteiger partial charge in [-0.2, -0.15) is 0 Å². The number of benzene rings is 9. The van der Waals surface area contributed by atoms with Crippen LogP contribution < -0.4 is 4.90 Å². The molecule has 0 radical (unpaired) electrons. The van der Waals surface area contributed by atoms with Crippen molar-refractivity contribution < 1.29 is 0 Å². The lowest BCUT2D eigenvalue weighted by Crippen LogP contribution is -2.15. The van der Waals surface area contributed by atoms with E-state index in [0.717, 1.165) is 17.1 Å². The van der Waals surface area contributed by atoms with Crippen molar-refractivity contribution in [1.29, 1.82) is 0 Å². The molecule has 9 aromatic carbocycles. The van der Waals surface area contributed by atoms with Crippen LogP contribution in [0.15, 0.2) is 170 Å². The molecule has 2 nitrogen and oxygen atoms in total. The molecule has 0 aliphatic heterocycles. The fraction of sp³-hybridized carbons (Fsp3) is 0.148. The van der Waals surface area contributed by atoms with Gasteiger partial charge in [0.1, 0.15) is 0 Å². The second-order valence-electron chi connectivity index (χ2n) is 17.4. The number of anilines is 3. The number of para-hydroxylation sites is 4. The summed E-state index contributed by atoms with van der Waals surface area (Å²) in [5, 5.41) is 10.7. The zero-order valence-electron chi connectivity index (χ0n) is 33.1. The van der Waals surface area contributed by atoms with Gasteiger partial charge in [-0.1, -0.05) is 151 Å². The maximum absolute atomic E-state index is 2.52. The van der Waals surface area contributed by atoms with Crippen molar-refractivity contribution in [2.45, 2.75) is 52.4 Å². The van der Waals surface area contributed by atoms with Crippen molar-refractivity contribution >= 4 is 71.2 Å². The molecule has 0 unspecified atom stereocenters. The number of rotatable bonds is 5. The third kappa shape index (κ3) is 5.23. The van der Waals surface area contributed by atoms with Crippen molar-refractivity contribution in [2.75, 3.05) is 4.90 Å². The summed E-state index contributed by atoms with van der Waals surface area (Å²) in [6.07, 6.45) is 0. The van der Waals surface area contributed by atoms with Crippen LogP contribution in [0.5, 0.6) is 0 Å². The van der Waals surface area contributed by atoms with Crippen molar-refractivity contribution in [1.82, 2.24) is 4.57 Å². The Balaban J connectivity index is 1.29. The third-order valence-corrected chi connectivity index (χ3v) is 11.7. The molecule has 0 spiro atoms. The fourth-order valence-corrected chi connectivity index (χ4v) is 9.39. The van der Waals surface area contributed by atoms with Crippen LogP contribution in [0.3, 0.4) is 0 Å². The van der Waals surface area contributed by atoms with Crippen LogP contribution in [-0.4, -0.2) is 4.57 Å². The first-order valence-electron chi connectivity index (χ1n) is 19.9. The monoisotopic (exact) mass is 722 g/mol. The van der Waals surface area contributed by atoms with E-state index in [0.29, 0.717) is 0 Å². The third-order valence-electron chi connectivity index (χ3n) is 11.7. The predicted octanol–water partition coefficient (Wildman–Crippen LogP) is 15.4. The lowest BCUT2D eigenvalue weighted by molar-refractivity contribution is 0.596. The minimum atomic E-state index is -0.129. The van der Waals surface area contributed by atoms with Gasteiger partial charge >= 0.3 is 0 Å². The molecular formula is C54H46N2. The second-order valence-corrected chi connectivity index (χ2v) is 17.4. The van der Waals surface area contributed by atoms with E-state index in [1.807, 2.05) is 0 Å². The normalized spacial score (nSPS) is 12.5. The number of hydrogen-bond donors (Lipinski definition) is 0. The van der Waals surface area contributed by atoms with E-state index in [-0.39, 0.29) is 10.8 Å². The highest BCUT2D eigenvalue weighted by molar-refractivity contribution is 6.35. The van der Waals surface area contributed by atoms with Crippen LogP contribution in [0.25, 0.3) is 70.9 Å². The highest BCUT2D eigenvalue weighted by Gasteiger charge is 2.30. The molecule has 10 aromatic rings. The van der Waals surface area contributed by atoms with E-state index in [9.17, 15) is 0 Å². The SMILES string of the molecule is CC(C)(C)c1cc(-c2ccc(N(c3ccccc3)c3ccccc3)cc2)c2ccc3c(C(C)(C)C)c4c(c5ccc1c2c35)c1ccccc1n4-c1ccccc1. The molecule has 2 heteroatoms. The summed E-state index contributed by atoms with van der Waals surface area (Å²) >= 11 is 0. The lowest BCUT2D eigenvalue weighted by atomic mass is 9.76. The van der Waals surface area contributed by atoms with Gasteiger partial charge in [0, 0.05) is 33.5 Å². The summed E-state index contributed by atoms with van der Waals surface area (Å²) in [6, 6.07) is 62.5. The first-order valence-corrected chi connectivity index (χ1v) is 19.9. The quantitative estimate of drug-likeness (QED) is 0.161. The van der Waals surface area contributed by atoms with Crippen molar-refractivity contribution in [3.05, 3.63) is 181 Å². The highest BCUT2D eigenvalue weighted by atomic mass is 15.1. The average molecular weight is 723 g/mol. The van der Waals surface area contributed by atoms with E-state index in [1.165, 1.54) is 82.1 Å². The topological polar surface area (TPSA) is 8.17 Å². The van der Waals surface area contributed by atoms with Crippen LogP contribution in [0.1, 0.15) is 52.7 Å². The zero-order valence-corrected chi connectivity index (χ0v) is 33.1. The second kappa shape index (κ2) is 12.6. The Morgan fingerprint density at radius 2 is 0.929 bits per heavy atom. The van der Waals surface area contributed by atoms with Crippen LogP contribution in [0.2, 0.25) is 0 Å². The molecule has 0 fully saturated rings. The Hall–Kier alpha value is -6.38. The van der Waals surface area contributed by atoms with Crippen molar-refractivity contribution in [2.24, 2.45) is 0 Å². The van der Waals surface area contributed by atoms with Gasteiger partial charge in [-0.3, -0.25) is 0 Å². The first-order chi connectivity index (χ1) is 27.1. The van der Waals surface area contributed by atoms with Gasteiger partial charge in [0.2, 0.25) is 0 Å². The molecule has 272 valence electrons. The van der Waals surface area contributed by atoms with E-state index in [2.05, 4.69) is 221 Å². The molecule has 0 amide bonds. The fourth-order valence-electron chi connectivity index (χ4n) is 9.39. The Bertz CT molecular complexity index is 3010. The molecule has 0 aliphatic rings. The van der Waals surface area contributed by atoms with Gasteiger partial charge in [0.05, 0.1) is 11.0 Å². The summed E-state index contributed by atoms with van der Waals surface area (Å²) in [5.41, 5.74) is 12.2. The lowest BCUT2D eigenvalue weighted by Gasteiger charge is -2.29. The largest absolute Gasteiger partial charge is 0.311 e. The summed E-state index contributed by atoms with van der Waals surface area (Å²) in [4.78, 5) is 2.33. The smallest absolute Gasteiger partial charge is 0.0590 e. The summed E-state index contributed by atoms with van der Waals surface area (Å²) in [6.45, 7) is 14.2. The van der Waals surface area contributed by atoms with Gasteiger partial charge in [0.15, 0.2) is 0 Å². The first kappa shape index (κ1) is 34.1. The molecule has 1 heterocycles. The average Bonchev–Trinajstić information content (AvgIpc) is 3.55. The van der Waals surface area contributed by atoms with Gasteiger partial charge in [-0.25, -0.2) is 0 Å². The maximum atomic E-state index is 2.52. The van der Waals surface area contributed by atoms with Crippen LogP contribution in [0, 0.1) is 0 Å². The number of hydrogen-bond acceptors (Lipinski definition) is 1. The molecule has 0 atom stereocenters. The van der Waals surface area contributed by atoms with Crippen LogP contribution >= 0.6 is 0 Å². The molecule has 10 rings (SSSR count). The Labute approximate surface area is 329 Å². The van der Waals surface area contributed by atoms with Crippen molar-refractivity contribution in [3.63, 3.8) is 0 Å².